The van der Waals surface area contributed by atoms with Gasteiger partial charge in [0.1, 0.15) is 5.75 Å². The molecule has 0 aliphatic carbocycles. The molecule has 0 fully saturated rings. The highest BCUT2D eigenvalue weighted by Crippen LogP contribution is 2.10. The van der Waals surface area contributed by atoms with Gasteiger partial charge in [0.05, 0.1) is 4.47 Å². The van der Waals surface area contributed by atoms with E-state index in [-0.39, 0.29) is 6.79 Å². The van der Waals surface area contributed by atoms with Crippen molar-refractivity contribution in [2.75, 3.05) is 6.79 Å². The Morgan fingerprint density at radius 3 is 2.38 bits per heavy atom. The molecule has 2 rings (SSSR count). The van der Waals surface area contributed by atoms with Crippen molar-refractivity contribution in [1.82, 2.24) is 9.97 Å². The van der Waals surface area contributed by atoms with E-state index in [1.54, 1.807) is 12.4 Å². The van der Waals surface area contributed by atoms with Crippen LogP contribution in [0.4, 0.5) is 0 Å². The topological polar surface area (TPSA) is 44.2 Å². The predicted molar refractivity (Wildman–Crippen MR) is 62.3 cm³/mol. The largest absolute Gasteiger partial charge is 0.457 e. The van der Waals surface area contributed by atoms with E-state index in [0.717, 1.165) is 10.2 Å². The highest BCUT2D eigenvalue weighted by molar-refractivity contribution is 9.10. The van der Waals surface area contributed by atoms with Crippen LogP contribution in [0.25, 0.3) is 0 Å². The smallest absolute Gasteiger partial charge is 0.319 e. The second-order valence-corrected chi connectivity index (χ2v) is 3.82. The van der Waals surface area contributed by atoms with Crippen molar-refractivity contribution in [2.24, 2.45) is 0 Å². The summed E-state index contributed by atoms with van der Waals surface area (Å²) in [6.45, 7) is 0.0889. The molecule has 0 atom stereocenters. The van der Waals surface area contributed by atoms with Crippen molar-refractivity contribution in [2.45, 2.75) is 0 Å². The zero-order chi connectivity index (χ0) is 11.2. The number of para-hydroxylation sites is 1. The number of rotatable bonds is 4. The zero-order valence-corrected chi connectivity index (χ0v) is 9.92. The van der Waals surface area contributed by atoms with E-state index in [4.69, 9.17) is 9.47 Å². The van der Waals surface area contributed by atoms with Crippen LogP contribution in [0.1, 0.15) is 0 Å². The van der Waals surface area contributed by atoms with Crippen molar-refractivity contribution in [1.29, 1.82) is 0 Å². The fraction of sp³-hybridized carbons (Fsp3) is 0.0909. The Morgan fingerprint density at radius 1 is 1.00 bits per heavy atom. The first-order chi connectivity index (χ1) is 7.84. The molecule has 0 saturated heterocycles. The molecule has 0 amide bonds. The lowest BCUT2D eigenvalue weighted by Gasteiger charge is -2.06. The summed E-state index contributed by atoms with van der Waals surface area (Å²) in [5, 5.41) is 0. The lowest BCUT2D eigenvalue weighted by atomic mass is 10.3. The molecular formula is C11H9BrN2O2. The maximum Gasteiger partial charge on any atom is 0.319 e. The molecule has 16 heavy (non-hydrogen) atoms. The Bertz CT molecular complexity index is 433. The van der Waals surface area contributed by atoms with E-state index >= 15 is 0 Å². The summed E-state index contributed by atoms with van der Waals surface area (Å²) in [4.78, 5) is 7.90. The number of ether oxygens (including phenoxy) is 2. The Balaban J connectivity index is 1.82. The molecule has 0 radical (unpaired) electrons. The maximum absolute atomic E-state index is 5.33. The molecule has 1 aromatic carbocycles. The van der Waals surface area contributed by atoms with Crippen molar-refractivity contribution >= 4 is 15.9 Å². The van der Waals surface area contributed by atoms with Crippen LogP contribution in [0.2, 0.25) is 0 Å². The van der Waals surface area contributed by atoms with Gasteiger partial charge >= 0.3 is 6.01 Å². The molecule has 0 saturated carbocycles. The minimum absolute atomic E-state index is 0.0889. The van der Waals surface area contributed by atoms with E-state index in [2.05, 4.69) is 25.9 Å². The highest BCUT2D eigenvalue weighted by Gasteiger charge is 1.97. The van der Waals surface area contributed by atoms with Crippen LogP contribution >= 0.6 is 15.9 Å². The minimum atomic E-state index is 0.0889. The van der Waals surface area contributed by atoms with Gasteiger partial charge in [-0.05, 0) is 28.1 Å². The minimum Gasteiger partial charge on any atom is -0.457 e. The first-order valence-corrected chi connectivity index (χ1v) is 5.42. The summed E-state index contributed by atoms with van der Waals surface area (Å²) in [5.41, 5.74) is 0. The second-order valence-electron chi connectivity index (χ2n) is 2.90. The first kappa shape index (κ1) is 10.9. The van der Waals surface area contributed by atoms with Gasteiger partial charge < -0.3 is 9.47 Å². The van der Waals surface area contributed by atoms with Crippen LogP contribution in [0.15, 0.2) is 47.2 Å². The third kappa shape index (κ3) is 3.20. The summed E-state index contributed by atoms with van der Waals surface area (Å²) in [6, 6.07) is 9.71. The van der Waals surface area contributed by atoms with Crippen LogP contribution in [-0.2, 0) is 0 Å². The molecule has 4 nitrogen and oxygen atoms in total. The molecular weight excluding hydrogens is 272 g/mol. The third-order valence-electron chi connectivity index (χ3n) is 1.75. The molecule has 0 aliphatic rings. The van der Waals surface area contributed by atoms with Gasteiger partial charge in [-0.2, -0.15) is 0 Å². The fourth-order valence-corrected chi connectivity index (χ4v) is 1.25. The second kappa shape index (κ2) is 5.46. The SMILES string of the molecule is Brc1cnc(OCOc2ccccc2)nc1. The lowest BCUT2D eigenvalue weighted by molar-refractivity contribution is 0.110. The predicted octanol–water partition coefficient (Wildman–Crippen LogP) is 2.65. The van der Waals surface area contributed by atoms with Gasteiger partial charge in [-0.15, -0.1) is 0 Å². The average Bonchev–Trinajstić information content (AvgIpc) is 2.33. The molecule has 82 valence electrons. The molecule has 1 aromatic heterocycles. The molecule has 0 spiro atoms. The van der Waals surface area contributed by atoms with E-state index in [9.17, 15) is 0 Å². The van der Waals surface area contributed by atoms with Crippen LogP contribution in [-0.4, -0.2) is 16.8 Å². The Labute approximate surface area is 101 Å². The Morgan fingerprint density at radius 2 is 1.69 bits per heavy atom. The Kier molecular flexibility index (Phi) is 3.71. The number of hydrogen-bond donors (Lipinski definition) is 0. The van der Waals surface area contributed by atoms with Gasteiger partial charge in [0.25, 0.3) is 0 Å². The fourth-order valence-electron chi connectivity index (χ4n) is 1.04. The lowest BCUT2D eigenvalue weighted by Crippen LogP contribution is -2.07. The molecule has 2 aromatic rings. The van der Waals surface area contributed by atoms with Gasteiger partial charge in [0.15, 0.2) is 0 Å². The highest BCUT2D eigenvalue weighted by atomic mass is 79.9. The molecule has 0 bridgehead atoms. The molecule has 0 unspecified atom stereocenters. The molecule has 5 heteroatoms. The van der Waals surface area contributed by atoms with Gasteiger partial charge in [-0.3, -0.25) is 0 Å². The van der Waals surface area contributed by atoms with Gasteiger partial charge in [0.2, 0.25) is 6.79 Å². The average molecular weight is 281 g/mol. The van der Waals surface area contributed by atoms with Crippen molar-refractivity contribution < 1.29 is 9.47 Å². The number of aromatic nitrogens is 2. The Hall–Kier alpha value is -1.62. The summed E-state index contributed by atoms with van der Waals surface area (Å²) < 4.78 is 11.3. The van der Waals surface area contributed by atoms with Crippen LogP contribution in [0.5, 0.6) is 11.8 Å². The summed E-state index contributed by atoms with van der Waals surface area (Å²) in [6.07, 6.45) is 3.23. The van der Waals surface area contributed by atoms with E-state index < -0.39 is 0 Å². The van der Waals surface area contributed by atoms with Crippen molar-refractivity contribution in [3.63, 3.8) is 0 Å². The summed E-state index contributed by atoms with van der Waals surface area (Å²) in [5.74, 6) is 0.750. The zero-order valence-electron chi connectivity index (χ0n) is 8.34. The van der Waals surface area contributed by atoms with Crippen molar-refractivity contribution in [3.8, 4) is 11.8 Å². The van der Waals surface area contributed by atoms with Crippen molar-refractivity contribution in [3.05, 3.63) is 47.2 Å². The van der Waals surface area contributed by atoms with Crippen LogP contribution < -0.4 is 9.47 Å². The number of halogens is 1. The van der Waals surface area contributed by atoms with Crippen LogP contribution in [0.3, 0.4) is 0 Å². The number of hydrogen-bond acceptors (Lipinski definition) is 4. The van der Waals surface area contributed by atoms with E-state index in [1.165, 1.54) is 0 Å². The first-order valence-electron chi connectivity index (χ1n) is 4.63. The van der Waals surface area contributed by atoms with Gasteiger partial charge in [-0.1, -0.05) is 18.2 Å². The third-order valence-corrected chi connectivity index (χ3v) is 2.16. The summed E-state index contributed by atoms with van der Waals surface area (Å²) in [7, 11) is 0. The normalized spacial score (nSPS) is 9.81. The van der Waals surface area contributed by atoms with Gasteiger partial charge in [-0.25, -0.2) is 9.97 Å². The van der Waals surface area contributed by atoms with Crippen LogP contribution in [0, 0.1) is 0 Å². The standard InChI is InChI=1S/C11H9BrN2O2/c12-9-6-13-11(14-7-9)16-8-15-10-4-2-1-3-5-10/h1-7H,8H2. The maximum atomic E-state index is 5.33. The summed E-state index contributed by atoms with van der Waals surface area (Å²) >= 11 is 3.24. The molecule has 0 aliphatic heterocycles. The molecule has 1 heterocycles. The monoisotopic (exact) mass is 280 g/mol. The number of benzene rings is 1. The van der Waals surface area contributed by atoms with E-state index in [0.29, 0.717) is 6.01 Å². The van der Waals surface area contributed by atoms with E-state index in [1.807, 2.05) is 30.3 Å². The molecule has 0 N–H and O–H groups in total. The van der Waals surface area contributed by atoms with Gasteiger partial charge in [0, 0.05) is 12.4 Å². The quantitative estimate of drug-likeness (QED) is 0.808. The number of nitrogens with zero attached hydrogens (tertiary/aromatic N) is 2.